The van der Waals surface area contributed by atoms with E-state index in [0.29, 0.717) is 23.0 Å². The molecule has 3 rings (SSSR count). The van der Waals surface area contributed by atoms with E-state index in [4.69, 9.17) is 14.3 Å². The van der Waals surface area contributed by atoms with Gasteiger partial charge in [-0.05, 0) is 35.9 Å². The third-order valence-corrected chi connectivity index (χ3v) is 3.29. The monoisotopic (exact) mass is 284 g/mol. The van der Waals surface area contributed by atoms with Crippen molar-refractivity contribution < 1.29 is 19.1 Å². The predicted octanol–water partition coefficient (Wildman–Crippen LogP) is 2.79. The quantitative estimate of drug-likeness (QED) is 0.748. The fourth-order valence-corrected chi connectivity index (χ4v) is 2.29. The van der Waals surface area contributed by atoms with Crippen LogP contribution in [0.15, 0.2) is 45.6 Å². The highest BCUT2D eigenvalue weighted by molar-refractivity contribution is 5.95. The van der Waals surface area contributed by atoms with Crippen molar-refractivity contribution in [3.05, 3.63) is 57.7 Å². The van der Waals surface area contributed by atoms with Crippen LogP contribution in [-0.4, -0.2) is 18.2 Å². The number of ether oxygens (including phenoxy) is 1. The molecule has 0 unspecified atom stereocenters. The lowest BCUT2D eigenvalue weighted by Crippen LogP contribution is -2.04. The molecule has 21 heavy (non-hydrogen) atoms. The normalized spacial score (nSPS) is 11.1. The van der Waals surface area contributed by atoms with Crippen LogP contribution in [0, 0.1) is 0 Å². The van der Waals surface area contributed by atoms with Crippen LogP contribution >= 0.6 is 0 Å². The van der Waals surface area contributed by atoms with E-state index in [-0.39, 0.29) is 16.6 Å². The highest BCUT2D eigenvalue weighted by atomic mass is 16.5. The van der Waals surface area contributed by atoms with Gasteiger partial charge in [0.25, 0.3) is 0 Å². The van der Waals surface area contributed by atoms with Gasteiger partial charge in [-0.2, -0.15) is 0 Å². The Hall–Kier alpha value is -2.66. The Morgan fingerprint density at radius 1 is 1.14 bits per heavy atom. The second kappa shape index (κ2) is 5.03. The second-order valence-electron chi connectivity index (χ2n) is 4.71. The summed E-state index contributed by atoms with van der Waals surface area (Å²) in [6.45, 7) is 0.408. The summed E-state index contributed by atoms with van der Waals surface area (Å²) in [5, 5.41) is 9.81. The van der Waals surface area contributed by atoms with Crippen LogP contribution in [-0.2, 0) is 11.3 Å². The number of carboxylic acid groups (broad SMARTS) is 1. The molecule has 1 aromatic heterocycles. The van der Waals surface area contributed by atoms with Crippen LogP contribution in [0.3, 0.4) is 0 Å². The van der Waals surface area contributed by atoms with E-state index in [2.05, 4.69) is 0 Å². The van der Waals surface area contributed by atoms with Gasteiger partial charge in [-0.25, -0.2) is 4.79 Å². The van der Waals surface area contributed by atoms with E-state index in [1.165, 1.54) is 18.2 Å². The standard InChI is InChI=1S/C16H12O5/c1-20-8-9-2-5-13-12(6-9)15(17)11-4-3-10(16(18)19)7-14(11)21-13/h2-7H,8H2,1H3,(H,18,19). The molecule has 0 aliphatic carbocycles. The maximum absolute atomic E-state index is 12.5. The second-order valence-corrected chi connectivity index (χ2v) is 4.71. The third kappa shape index (κ3) is 2.28. The SMILES string of the molecule is COCc1ccc2oc3cc(C(=O)O)ccc3c(=O)c2c1. The van der Waals surface area contributed by atoms with Crippen molar-refractivity contribution in [3.8, 4) is 0 Å². The molecule has 0 fully saturated rings. The van der Waals surface area contributed by atoms with Crippen LogP contribution in [0.2, 0.25) is 0 Å². The predicted molar refractivity (Wildman–Crippen MR) is 77.7 cm³/mol. The summed E-state index contributed by atoms with van der Waals surface area (Å²) < 4.78 is 10.7. The first-order valence-corrected chi connectivity index (χ1v) is 6.32. The van der Waals surface area contributed by atoms with E-state index in [1.807, 2.05) is 6.07 Å². The highest BCUT2D eigenvalue weighted by Crippen LogP contribution is 2.21. The van der Waals surface area contributed by atoms with E-state index in [1.54, 1.807) is 19.2 Å². The maximum Gasteiger partial charge on any atom is 0.335 e. The Morgan fingerprint density at radius 3 is 2.67 bits per heavy atom. The molecule has 0 amide bonds. The van der Waals surface area contributed by atoms with Crippen molar-refractivity contribution in [3.63, 3.8) is 0 Å². The number of benzene rings is 2. The molecule has 0 atom stereocenters. The van der Waals surface area contributed by atoms with Crippen LogP contribution < -0.4 is 5.43 Å². The van der Waals surface area contributed by atoms with Crippen molar-refractivity contribution in [1.82, 2.24) is 0 Å². The fourth-order valence-electron chi connectivity index (χ4n) is 2.29. The molecule has 0 bridgehead atoms. The summed E-state index contributed by atoms with van der Waals surface area (Å²) >= 11 is 0. The van der Waals surface area contributed by atoms with Crippen molar-refractivity contribution in [1.29, 1.82) is 0 Å². The number of fused-ring (bicyclic) bond motifs is 2. The number of carboxylic acids is 1. The minimum atomic E-state index is -1.06. The maximum atomic E-state index is 12.5. The minimum absolute atomic E-state index is 0.0843. The molecule has 0 spiro atoms. The first-order valence-electron chi connectivity index (χ1n) is 6.32. The summed E-state index contributed by atoms with van der Waals surface area (Å²) in [6.07, 6.45) is 0. The molecule has 0 saturated carbocycles. The molecule has 5 heteroatoms. The lowest BCUT2D eigenvalue weighted by atomic mass is 10.1. The van der Waals surface area contributed by atoms with Gasteiger partial charge in [0.15, 0.2) is 0 Å². The van der Waals surface area contributed by atoms with Crippen LogP contribution in [0.4, 0.5) is 0 Å². The van der Waals surface area contributed by atoms with E-state index in [9.17, 15) is 9.59 Å². The fraction of sp³-hybridized carbons (Fsp3) is 0.125. The first kappa shape index (κ1) is 13.3. The zero-order chi connectivity index (χ0) is 15.0. The Balaban J connectivity index is 2.32. The van der Waals surface area contributed by atoms with Crippen molar-refractivity contribution in [2.45, 2.75) is 6.61 Å². The van der Waals surface area contributed by atoms with E-state index in [0.717, 1.165) is 5.56 Å². The Kier molecular flexibility index (Phi) is 3.19. The molecule has 0 aliphatic heterocycles. The number of rotatable bonds is 3. The number of hydrogen-bond donors (Lipinski definition) is 1. The molecule has 5 nitrogen and oxygen atoms in total. The van der Waals surface area contributed by atoms with Crippen LogP contribution in [0.25, 0.3) is 21.9 Å². The third-order valence-electron chi connectivity index (χ3n) is 3.29. The van der Waals surface area contributed by atoms with Gasteiger partial charge < -0.3 is 14.3 Å². The molecule has 106 valence electrons. The minimum Gasteiger partial charge on any atom is -0.478 e. The molecule has 1 heterocycles. The zero-order valence-electron chi connectivity index (χ0n) is 11.3. The number of methoxy groups -OCH3 is 1. The van der Waals surface area contributed by atoms with E-state index >= 15 is 0 Å². The smallest absolute Gasteiger partial charge is 0.335 e. The Morgan fingerprint density at radius 2 is 1.95 bits per heavy atom. The summed E-state index contributed by atoms with van der Waals surface area (Å²) in [4.78, 5) is 23.5. The molecule has 3 aromatic rings. The molecule has 0 aliphatic rings. The molecular formula is C16H12O5. The van der Waals surface area contributed by atoms with Gasteiger partial charge in [-0.1, -0.05) is 6.07 Å². The van der Waals surface area contributed by atoms with Crippen LogP contribution in [0.5, 0.6) is 0 Å². The lowest BCUT2D eigenvalue weighted by molar-refractivity contribution is 0.0697. The Bertz CT molecular complexity index is 908. The summed E-state index contributed by atoms with van der Waals surface area (Å²) in [5.74, 6) is -1.06. The topological polar surface area (TPSA) is 76.7 Å². The van der Waals surface area contributed by atoms with E-state index < -0.39 is 5.97 Å². The summed E-state index contributed by atoms with van der Waals surface area (Å²) in [7, 11) is 1.58. The van der Waals surface area contributed by atoms with Gasteiger partial charge in [0.2, 0.25) is 5.43 Å². The number of hydrogen-bond acceptors (Lipinski definition) is 4. The van der Waals surface area contributed by atoms with Crippen molar-refractivity contribution in [2.75, 3.05) is 7.11 Å². The number of carbonyl (C=O) groups is 1. The molecule has 1 N–H and O–H groups in total. The van der Waals surface area contributed by atoms with Gasteiger partial charge in [-0.15, -0.1) is 0 Å². The highest BCUT2D eigenvalue weighted by Gasteiger charge is 2.11. The Labute approximate surface area is 119 Å². The van der Waals surface area contributed by atoms with Gasteiger partial charge >= 0.3 is 5.97 Å². The first-order chi connectivity index (χ1) is 10.1. The van der Waals surface area contributed by atoms with Gasteiger partial charge in [0.05, 0.1) is 22.9 Å². The zero-order valence-corrected chi connectivity index (χ0v) is 11.3. The average molecular weight is 284 g/mol. The largest absolute Gasteiger partial charge is 0.478 e. The summed E-state index contributed by atoms with van der Waals surface area (Å²) in [5.41, 5.74) is 1.47. The molecular weight excluding hydrogens is 272 g/mol. The molecule has 2 aromatic carbocycles. The van der Waals surface area contributed by atoms with Crippen LogP contribution in [0.1, 0.15) is 15.9 Å². The van der Waals surface area contributed by atoms with Gasteiger partial charge in [-0.3, -0.25) is 4.79 Å². The van der Waals surface area contributed by atoms with Gasteiger partial charge in [0.1, 0.15) is 11.2 Å². The lowest BCUT2D eigenvalue weighted by Gasteiger charge is -2.04. The molecule has 0 radical (unpaired) electrons. The number of aromatic carboxylic acids is 1. The molecule has 0 saturated heterocycles. The van der Waals surface area contributed by atoms with Gasteiger partial charge in [0, 0.05) is 7.11 Å². The van der Waals surface area contributed by atoms with Crippen molar-refractivity contribution >= 4 is 27.9 Å². The average Bonchev–Trinajstić information content (AvgIpc) is 2.48. The summed E-state index contributed by atoms with van der Waals surface area (Å²) in [6, 6.07) is 9.47. The van der Waals surface area contributed by atoms with Crippen molar-refractivity contribution in [2.24, 2.45) is 0 Å².